The maximum Gasteiger partial charge on any atom is 0.242 e. The number of hydrogen-bond donors (Lipinski definition) is 1. The van der Waals surface area contributed by atoms with Crippen LogP contribution >= 0.6 is 0 Å². The average Bonchev–Trinajstić information content (AvgIpc) is 3.29. The lowest BCUT2D eigenvalue weighted by molar-refractivity contribution is -0.570. The van der Waals surface area contributed by atoms with Gasteiger partial charge >= 0.3 is 0 Å². The summed E-state index contributed by atoms with van der Waals surface area (Å²) in [5.74, 6) is 0.241. The van der Waals surface area contributed by atoms with Crippen molar-refractivity contribution in [2.75, 3.05) is 25.0 Å². The van der Waals surface area contributed by atoms with Crippen LogP contribution in [0, 0.1) is 29.6 Å². The monoisotopic (exact) mass is 635 g/mol. The number of nitrogens with zero attached hydrogens (tertiary/aromatic N) is 2. The van der Waals surface area contributed by atoms with Gasteiger partial charge < -0.3 is 24.6 Å². The van der Waals surface area contributed by atoms with Gasteiger partial charge in [0.15, 0.2) is 11.9 Å². The van der Waals surface area contributed by atoms with Crippen molar-refractivity contribution in [3.05, 3.63) is 29.3 Å². The molecule has 0 aromatic heterocycles. The second kappa shape index (κ2) is 11.6. The largest absolute Gasteiger partial charge is 0.345 e. The quantitative estimate of drug-likeness (QED) is 0.458. The molecule has 7 fully saturated rings. The second-order valence-electron chi connectivity index (χ2n) is 15.5. The van der Waals surface area contributed by atoms with E-state index in [0.717, 1.165) is 63.4 Å². The number of piperazine rings is 1. The number of amides is 3. The molecule has 10 nitrogen and oxygen atoms in total. The topological polar surface area (TPSA) is 107 Å². The predicted octanol–water partition coefficient (Wildman–Crippen LogP) is 5.11. The zero-order chi connectivity index (χ0) is 31.8. The van der Waals surface area contributed by atoms with Gasteiger partial charge in [-0.1, -0.05) is 39.2 Å². The molecular formula is C36H49N3O7. The number of carbonyl (C=O) groups is 3. The van der Waals surface area contributed by atoms with E-state index >= 15 is 0 Å². The van der Waals surface area contributed by atoms with Crippen LogP contribution in [-0.2, 0) is 40.1 Å². The van der Waals surface area contributed by atoms with Gasteiger partial charge in [-0.25, -0.2) is 9.78 Å². The van der Waals surface area contributed by atoms with Gasteiger partial charge in [-0.2, -0.15) is 0 Å². The normalized spacial score (nSPS) is 40.4. The second-order valence-corrected chi connectivity index (χ2v) is 15.5. The Balaban J connectivity index is 0.978. The minimum atomic E-state index is -0.848. The number of fused-ring (bicyclic) bond motifs is 5. The van der Waals surface area contributed by atoms with Crippen molar-refractivity contribution in [3.63, 3.8) is 0 Å². The molecular weight excluding hydrogens is 586 g/mol. The minimum Gasteiger partial charge on any atom is -0.345 e. The van der Waals surface area contributed by atoms with Gasteiger partial charge in [0.25, 0.3) is 0 Å². The molecule has 5 saturated heterocycles. The van der Waals surface area contributed by atoms with Crippen LogP contribution in [0.5, 0.6) is 0 Å². The van der Waals surface area contributed by atoms with Gasteiger partial charge in [0.2, 0.25) is 23.5 Å². The fraction of sp³-hybridized carbons (Fsp3) is 0.750. The lowest BCUT2D eigenvalue weighted by Crippen LogP contribution is -2.70. The Hall–Kier alpha value is -2.53. The summed E-state index contributed by atoms with van der Waals surface area (Å²) in [6.07, 6.45) is 9.12. The van der Waals surface area contributed by atoms with Crippen LogP contribution < -0.4 is 5.32 Å². The molecule has 1 N–H and O–H groups in total. The highest BCUT2D eigenvalue weighted by atomic mass is 17.3. The Morgan fingerprint density at radius 1 is 1.02 bits per heavy atom. The van der Waals surface area contributed by atoms with Gasteiger partial charge in [-0.15, -0.1) is 0 Å². The van der Waals surface area contributed by atoms with E-state index in [-0.39, 0.29) is 66.5 Å². The highest BCUT2D eigenvalue weighted by Gasteiger charge is 2.69. The number of ether oxygens (including phenoxy) is 2. The van der Waals surface area contributed by atoms with Crippen LogP contribution in [0.2, 0.25) is 0 Å². The van der Waals surface area contributed by atoms with Gasteiger partial charge in [0.05, 0.1) is 25.1 Å². The van der Waals surface area contributed by atoms with E-state index in [9.17, 15) is 14.4 Å². The summed E-state index contributed by atoms with van der Waals surface area (Å²) in [6, 6.07) is 5.84. The summed E-state index contributed by atoms with van der Waals surface area (Å²) in [6.45, 7) is 7.73. The smallest absolute Gasteiger partial charge is 0.242 e. The van der Waals surface area contributed by atoms with Crippen molar-refractivity contribution < 1.29 is 33.6 Å². The van der Waals surface area contributed by atoms with Gasteiger partial charge in [-0.3, -0.25) is 14.4 Å². The lowest BCUT2D eigenvalue weighted by atomic mass is 9.57. The van der Waals surface area contributed by atoms with E-state index in [4.69, 9.17) is 19.2 Å². The minimum absolute atomic E-state index is 0.0127. The molecule has 2 aliphatic carbocycles. The Labute approximate surface area is 271 Å². The molecule has 6 aliphatic heterocycles. The number of carbonyl (C=O) groups excluding carboxylic acids is 3. The summed E-state index contributed by atoms with van der Waals surface area (Å²) < 4.78 is 13.1. The van der Waals surface area contributed by atoms with E-state index in [1.807, 2.05) is 24.0 Å². The molecule has 6 heterocycles. The van der Waals surface area contributed by atoms with Gasteiger partial charge in [-0.05, 0) is 86.5 Å². The molecule has 250 valence electrons. The van der Waals surface area contributed by atoms with Crippen molar-refractivity contribution in [2.45, 2.75) is 121 Å². The predicted molar refractivity (Wildman–Crippen MR) is 168 cm³/mol. The molecule has 9 atom stereocenters. The van der Waals surface area contributed by atoms with E-state index in [1.165, 1.54) is 12.0 Å². The third kappa shape index (κ3) is 5.01. The lowest BCUT2D eigenvalue weighted by Gasteiger charge is -2.60. The van der Waals surface area contributed by atoms with Crippen molar-refractivity contribution in [1.29, 1.82) is 0 Å². The average molecular weight is 636 g/mol. The maximum absolute atomic E-state index is 13.6. The molecule has 2 bridgehead atoms. The molecule has 1 aromatic rings. The first-order valence-electron chi connectivity index (χ1n) is 17.9. The molecule has 2 saturated carbocycles. The first kappa shape index (κ1) is 30.8. The van der Waals surface area contributed by atoms with E-state index in [2.05, 4.69) is 25.2 Å². The number of nitrogens with one attached hydrogen (secondary N) is 1. The highest BCUT2D eigenvalue weighted by Crippen LogP contribution is 2.60. The highest BCUT2D eigenvalue weighted by molar-refractivity contribution is 5.91. The number of hydrogen-bond acceptors (Lipinski definition) is 7. The fourth-order valence-electron chi connectivity index (χ4n) is 10.2. The van der Waals surface area contributed by atoms with Crippen LogP contribution in [0.3, 0.4) is 0 Å². The van der Waals surface area contributed by atoms with Crippen LogP contribution in [0.15, 0.2) is 18.2 Å². The summed E-state index contributed by atoms with van der Waals surface area (Å²) in [4.78, 5) is 56.2. The van der Waals surface area contributed by atoms with Crippen molar-refractivity contribution in [1.82, 2.24) is 9.80 Å². The summed E-state index contributed by atoms with van der Waals surface area (Å²) in [5, 5.41) is 3.14. The molecule has 9 rings (SSSR count). The molecule has 10 heteroatoms. The van der Waals surface area contributed by atoms with Gasteiger partial charge in [0.1, 0.15) is 0 Å². The Kier molecular flexibility index (Phi) is 7.74. The molecule has 8 aliphatic rings. The van der Waals surface area contributed by atoms with E-state index in [1.54, 1.807) is 4.90 Å². The summed E-state index contributed by atoms with van der Waals surface area (Å²) >= 11 is 0. The van der Waals surface area contributed by atoms with Crippen molar-refractivity contribution in [2.24, 2.45) is 29.6 Å². The van der Waals surface area contributed by atoms with Crippen LogP contribution in [0.25, 0.3) is 0 Å². The Morgan fingerprint density at radius 3 is 2.67 bits per heavy atom. The third-order valence-corrected chi connectivity index (χ3v) is 12.8. The van der Waals surface area contributed by atoms with E-state index in [0.29, 0.717) is 24.7 Å². The summed E-state index contributed by atoms with van der Waals surface area (Å²) in [7, 11) is 0. The molecule has 1 aromatic carbocycles. The summed E-state index contributed by atoms with van der Waals surface area (Å²) in [5.41, 5.74) is 2.26. The van der Waals surface area contributed by atoms with Gasteiger partial charge in [0, 0.05) is 37.0 Å². The van der Waals surface area contributed by atoms with Crippen molar-refractivity contribution in [3.8, 4) is 0 Å². The van der Waals surface area contributed by atoms with Crippen LogP contribution in [0.1, 0.15) is 102 Å². The molecule has 0 radical (unpaired) electrons. The van der Waals surface area contributed by atoms with Crippen LogP contribution in [0.4, 0.5) is 5.69 Å². The number of rotatable bonds is 4. The van der Waals surface area contributed by atoms with Crippen LogP contribution in [-0.4, -0.2) is 70.9 Å². The fourth-order valence-corrected chi connectivity index (χ4v) is 10.2. The zero-order valence-electron chi connectivity index (χ0n) is 27.5. The molecule has 1 spiro atoms. The Bertz CT molecular complexity index is 1400. The van der Waals surface area contributed by atoms with Crippen molar-refractivity contribution >= 4 is 23.4 Å². The molecule has 1 unspecified atom stereocenters. The standard InChI is InChI=1S/C36H49N3O7/c1-21-9-12-28-22(2)30(43-34-36(28)27(21)13-15-35(3,44-34)45-46-36)18-31(40)37-25-11-10-23-14-16-39-29(26(23)17-25)19-38(20-32(39)41)33(42)24-7-5-4-6-8-24/h10-11,17,21-22,24,27-30,34H,4-9,12-16,18-20H2,1-3H3,(H,37,40)/t21-,22-,27+,28+,29?,30-,34-,35-,36-/m1/s1. The maximum atomic E-state index is 13.6. The number of benzene rings is 1. The number of anilines is 1. The first-order chi connectivity index (χ1) is 22.1. The third-order valence-electron chi connectivity index (χ3n) is 12.8. The molecule has 3 amide bonds. The van der Waals surface area contributed by atoms with E-state index < -0.39 is 17.7 Å². The zero-order valence-corrected chi connectivity index (χ0v) is 27.5. The Morgan fingerprint density at radius 2 is 1.85 bits per heavy atom. The molecule has 46 heavy (non-hydrogen) atoms. The SMILES string of the molecule is C[C@H]1[C@@H](CC(=O)Nc2ccc3c(c2)C2CN(C(=O)C4CCCCC4)CC(=O)N2CC3)O[C@@H]2O[C@@]3(C)CC[C@H]4[C@H](C)CC[C@@H]1[C@@]24OO3. The first-order valence-corrected chi connectivity index (χ1v) is 17.9.